The summed E-state index contributed by atoms with van der Waals surface area (Å²) in [5.74, 6) is -0.642. The first-order valence-corrected chi connectivity index (χ1v) is 13.3. The van der Waals surface area contributed by atoms with Gasteiger partial charge in [0, 0.05) is 29.9 Å². The Bertz CT molecular complexity index is 1140. The lowest BCUT2D eigenvalue weighted by Gasteiger charge is -2.41. The summed E-state index contributed by atoms with van der Waals surface area (Å²) in [7, 11) is 0. The SMILES string of the molecule is CCN(C(=O)[C@@H]1C[C@H](C)N(C(=O)c2ccc(OCC(C)(C)C(=O)O)cc2)c2ccccc21)C1CCCC1. The highest BCUT2D eigenvalue weighted by Gasteiger charge is 2.40. The molecule has 1 heterocycles. The number of nitrogens with zero attached hydrogens (tertiary/aromatic N) is 2. The van der Waals surface area contributed by atoms with E-state index in [1.807, 2.05) is 31.2 Å². The van der Waals surface area contributed by atoms with Crippen LogP contribution in [-0.4, -0.2) is 53.0 Å². The second-order valence-corrected chi connectivity index (χ2v) is 10.9. The molecule has 1 fully saturated rings. The largest absolute Gasteiger partial charge is 0.492 e. The van der Waals surface area contributed by atoms with E-state index in [0.717, 1.165) is 24.1 Å². The van der Waals surface area contributed by atoms with Crippen LogP contribution < -0.4 is 9.64 Å². The number of amides is 2. The van der Waals surface area contributed by atoms with Crippen molar-refractivity contribution < 1.29 is 24.2 Å². The average Bonchev–Trinajstić information content (AvgIpc) is 3.42. The maximum atomic E-state index is 13.8. The first-order valence-electron chi connectivity index (χ1n) is 13.3. The molecule has 7 nitrogen and oxygen atoms in total. The minimum atomic E-state index is -1.01. The van der Waals surface area contributed by atoms with E-state index >= 15 is 0 Å². The Morgan fingerprint density at radius 2 is 1.70 bits per heavy atom. The van der Waals surface area contributed by atoms with Crippen molar-refractivity contribution in [3.8, 4) is 5.75 Å². The molecule has 2 atom stereocenters. The summed E-state index contributed by atoms with van der Waals surface area (Å²) in [6.45, 7) is 8.00. The first kappa shape index (κ1) is 26.7. The number of benzene rings is 2. The lowest BCUT2D eigenvalue weighted by molar-refractivity contribution is -0.148. The van der Waals surface area contributed by atoms with Gasteiger partial charge in [-0.15, -0.1) is 0 Å². The molecule has 0 unspecified atom stereocenters. The molecule has 0 radical (unpaired) electrons. The number of aliphatic carboxylic acids is 1. The smallest absolute Gasteiger partial charge is 0.312 e. The number of hydrogen-bond acceptors (Lipinski definition) is 4. The summed E-state index contributed by atoms with van der Waals surface area (Å²) in [6.07, 6.45) is 5.07. The maximum Gasteiger partial charge on any atom is 0.312 e. The third-order valence-corrected chi connectivity index (χ3v) is 7.78. The Kier molecular flexibility index (Phi) is 7.90. The molecule has 7 heteroatoms. The average molecular weight is 507 g/mol. The van der Waals surface area contributed by atoms with E-state index in [9.17, 15) is 19.5 Å². The van der Waals surface area contributed by atoms with Gasteiger partial charge in [0.1, 0.15) is 12.4 Å². The fourth-order valence-electron chi connectivity index (χ4n) is 5.52. The molecule has 37 heavy (non-hydrogen) atoms. The number of likely N-dealkylation sites (N-methyl/N-ethyl adjacent to an activating group) is 1. The molecule has 2 amide bonds. The second kappa shape index (κ2) is 11.0. The van der Waals surface area contributed by atoms with Crippen LogP contribution in [0.25, 0.3) is 0 Å². The summed E-state index contributed by atoms with van der Waals surface area (Å²) in [6, 6.07) is 14.7. The summed E-state index contributed by atoms with van der Waals surface area (Å²) < 4.78 is 5.66. The number of carboxylic acid groups (broad SMARTS) is 1. The Balaban J connectivity index is 1.54. The molecular weight excluding hydrogens is 468 g/mol. The van der Waals surface area contributed by atoms with E-state index < -0.39 is 11.4 Å². The van der Waals surface area contributed by atoms with Crippen molar-refractivity contribution in [3.63, 3.8) is 0 Å². The van der Waals surface area contributed by atoms with Gasteiger partial charge in [-0.25, -0.2) is 0 Å². The van der Waals surface area contributed by atoms with Crippen molar-refractivity contribution in [1.29, 1.82) is 0 Å². The van der Waals surface area contributed by atoms with E-state index in [2.05, 4.69) is 11.8 Å². The number of ether oxygens (including phenoxy) is 1. The van der Waals surface area contributed by atoms with E-state index in [1.165, 1.54) is 12.8 Å². The van der Waals surface area contributed by atoms with Crippen molar-refractivity contribution in [3.05, 3.63) is 59.7 Å². The predicted molar refractivity (Wildman–Crippen MR) is 143 cm³/mol. The number of carbonyl (C=O) groups is 3. The zero-order chi connectivity index (χ0) is 26.7. The molecule has 2 aromatic rings. The van der Waals surface area contributed by atoms with Gasteiger partial charge in [-0.1, -0.05) is 31.0 Å². The molecule has 0 saturated heterocycles. The number of carboxylic acids is 1. The van der Waals surface area contributed by atoms with Crippen LogP contribution in [-0.2, 0) is 9.59 Å². The summed E-state index contributed by atoms with van der Waals surface area (Å²) in [5.41, 5.74) is 1.19. The van der Waals surface area contributed by atoms with Crippen LogP contribution in [0.4, 0.5) is 5.69 Å². The van der Waals surface area contributed by atoms with Crippen LogP contribution in [0, 0.1) is 5.41 Å². The van der Waals surface area contributed by atoms with Gasteiger partial charge in [-0.2, -0.15) is 0 Å². The zero-order valence-electron chi connectivity index (χ0n) is 22.3. The lowest BCUT2D eigenvalue weighted by atomic mass is 9.84. The van der Waals surface area contributed by atoms with Crippen molar-refractivity contribution in [1.82, 2.24) is 4.90 Å². The molecule has 0 spiro atoms. The van der Waals surface area contributed by atoms with Gasteiger partial charge in [0.05, 0.1) is 11.3 Å². The van der Waals surface area contributed by atoms with Gasteiger partial charge in [0.25, 0.3) is 5.91 Å². The van der Waals surface area contributed by atoms with E-state index in [0.29, 0.717) is 30.3 Å². The number of anilines is 1. The predicted octanol–water partition coefficient (Wildman–Crippen LogP) is 5.49. The molecule has 2 aliphatic rings. The standard InChI is InChI=1S/C30H38N2O5/c1-5-31(22-10-6-7-11-22)28(34)25-18-20(2)32(26-13-9-8-12-24(25)26)27(33)21-14-16-23(17-15-21)37-19-30(3,4)29(35)36/h8-9,12-17,20,22,25H,5-7,10-11,18-19H2,1-4H3,(H,35,36)/t20-,25+/m0/s1. The number of rotatable bonds is 8. The van der Waals surface area contributed by atoms with Crippen LogP contribution in [0.3, 0.4) is 0 Å². The highest BCUT2D eigenvalue weighted by atomic mass is 16.5. The molecule has 1 aliphatic heterocycles. The summed E-state index contributed by atoms with van der Waals surface area (Å²) in [4.78, 5) is 42.6. The molecule has 198 valence electrons. The van der Waals surface area contributed by atoms with Crippen molar-refractivity contribution in [2.24, 2.45) is 5.41 Å². The van der Waals surface area contributed by atoms with Crippen molar-refractivity contribution >= 4 is 23.5 Å². The number of hydrogen-bond donors (Lipinski definition) is 1. The Morgan fingerprint density at radius 3 is 2.32 bits per heavy atom. The monoisotopic (exact) mass is 506 g/mol. The van der Waals surface area contributed by atoms with Gasteiger partial charge in [0.15, 0.2) is 0 Å². The quantitative estimate of drug-likeness (QED) is 0.512. The lowest BCUT2D eigenvalue weighted by Crippen LogP contribution is -2.48. The normalized spacial score (nSPS) is 19.8. The van der Waals surface area contributed by atoms with Crippen LogP contribution in [0.5, 0.6) is 5.75 Å². The number of para-hydroxylation sites is 1. The zero-order valence-corrected chi connectivity index (χ0v) is 22.3. The molecule has 1 saturated carbocycles. The van der Waals surface area contributed by atoms with Gasteiger partial charge >= 0.3 is 5.97 Å². The van der Waals surface area contributed by atoms with Crippen LogP contribution >= 0.6 is 0 Å². The minimum absolute atomic E-state index is 0.0250. The van der Waals surface area contributed by atoms with Crippen LogP contribution in [0.2, 0.25) is 0 Å². The van der Waals surface area contributed by atoms with E-state index in [-0.39, 0.29) is 30.4 Å². The summed E-state index contributed by atoms with van der Waals surface area (Å²) >= 11 is 0. The van der Waals surface area contributed by atoms with E-state index in [1.54, 1.807) is 43.0 Å². The molecule has 2 aromatic carbocycles. The van der Waals surface area contributed by atoms with Gasteiger partial charge in [0.2, 0.25) is 5.91 Å². The van der Waals surface area contributed by atoms with Crippen molar-refractivity contribution in [2.45, 2.75) is 77.8 Å². The maximum absolute atomic E-state index is 13.8. The topological polar surface area (TPSA) is 87.2 Å². The Labute approximate surface area is 219 Å². The second-order valence-electron chi connectivity index (χ2n) is 10.9. The number of carbonyl (C=O) groups excluding carboxylic acids is 2. The van der Waals surface area contributed by atoms with Crippen LogP contribution in [0.1, 0.15) is 81.6 Å². The Hall–Kier alpha value is -3.35. The highest BCUT2D eigenvalue weighted by molar-refractivity contribution is 6.08. The molecule has 0 bridgehead atoms. The molecule has 1 aliphatic carbocycles. The third-order valence-electron chi connectivity index (χ3n) is 7.78. The van der Waals surface area contributed by atoms with Gasteiger partial charge in [-0.05, 0) is 82.9 Å². The fraction of sp³-hybridized carbons (Fsp3) is 0.500. The van der Waals surface area contributed by atoms with Gasteiger partial charge < -0.3 is 19.6 Å². The third kappa shape index (κ3) is 5.50. The van der Waals surface area contributed by atoms with Crippen molar-refractivity contribution in [2.75, 3.05) is 18.1 Å². The molecule has 1 N–H and O–H groups in total. The first-order chi connectivity index (χ1) is 17.6. The Morgan fingerprint density at radius 1 is 1.05 bits per heavy atom. The summed E-state index contributed by atoms with van der Waals surface area (Å²) in [5, 5.41) is 9.28. The minimum Gasteiger partial charge on any atom is -0.492 e. The van der Waals surface area contributed by atoms with E-state index in [4.69, 9.17) is 4.74 Å². The molecule has 0 aromatic heterocycles. The van der Waals surface area contributed by atoms with Gasteiger partial charge in [-0.3, -0.25) is 14.4 Å². The highest BCUT2D eigenvalue weighted by Crippen LogP contribution is 2.41. The molecular formula is C30H38N2O5. The number of fused-ring (bicyclic) bond motifs is 1. The fourth-order valence-corrected chi connectivity index (χ4v) is 5.52. The molecule has 4 rings (SSSR count). The van der Waals surface area contributed by atoms with Crippen LogP contribution in [0.15, 0.2) is 48.5 Å².